The molecule has 0 aromatic heterocycles. The highest BCUT2D eigenvalue weighted by Gasteiger charge is 2.05. The predicted molar refractivity (Wildman–Crippen MR) is 101 cm³/mol. The first-order valence-electron chi connectivity index (χ1n) is 8.54. The number of methoxy groups -OCH3 is 2. The molecule has 0 saturated heterocycles. The van der Waals surface area contributed by atoms with Gasteiger partial charge in [-0.25, -0.2) is 4.79 Å². The number of carbonyl (C=O) groups excluding carboxylic acids is 1. The van der Waals surface area contributed by atoms with Crippen LogP contribution >= 0.6 is 0 Å². The summed E-state index contributed by atoms with van der Waals surface area (Å²) < 4.78 is 16.1. The molecule has 0 aliphatic heterocycles. The van der Waals surface area contributed by atoms with Crippen LogP contribution in [0.5, 0.6) is 17.2 Å². The molecule has 6 heteroatoms. The van der Waals surface area contributed by atoms with Crippen LogP contribution in [-0.4, -0.2) is 39.9 Å². The monoisotopic (exact) mass is 358 g/mol. The molecule has 2 aromatic carbocycles. The Morgan fingerprint density at radius 2 is 1.77 bits per heavy atom. The van der Waals surface area contributed by atoms with E-state index in [1.807, 2.05) is 49.4 Å². The van der Waals surface area contributed by atoms with E-state index in [1.165, 1.54) is 0 Å². The van der Waals surface area contributed by atoms with Gasteiger partial charge in [0.15, 0.2) is 11.5 Å². The fourth-order valence-electron chi connectivity index (χ4n) is 2.43. The van der Waals surface area contributed by atoms with E-state index < -0.39 is 0 Å². The maximum absolute atomic E-state index is 11.8. The molecule has 0 saturated carbocycles. The highest BCUT2D eigenvalue weighted by atomic mass is 16.5. The predicted octanol–water partition coefficient (Wildman–Crippen LogP) is 2.93. The van der Waals surface area contributed by atoms with E-state index in [9.17, 15) is 4.79 Å². The summed E-state index contributed by atoms with van der Waals surface area (Å²) in [6.45, 7) is 3.31. The van der Waals surface area contributed by atoms with Gasteiger partial charge >= 0.3 is 6.03 Å². The second-order valence-corrected chi connectivity index (χ2v) is 5.79. The largest absolute Gasteiger partial charge is 0.497 e. The van der Waals surface area contributed by atoms with Crippen LogP contribution in [0.4, 0.5) is 4.79 Å². The standard InChI is InChI=1S/C20H26N2O4/c1-15-7-8-18(19(13-15)25-3)26-12-11-22-20(23)21-10-9-16-5-4-6-17(14-16)24-2/h4-8,13-14H,9-12H2,1-3H3,(H2,21,22,23). The minimum absolute atomic E-state index is 0.215. The van der Waals surface area contributed by atoms with E-state index in [1.54, 1.807) is 14.2 Å². The summed E-state index contributed by atoms with van der Waals surface area (Å²) in [5.41, 5.74) is 2.21. The molecule has 6 nitrogen and oxygen atoms in total. The van der Waals surface area contributed by atoms with E-state index in [4.69, 9.17) is 14.2 Å². The zero-order valence-electron chi connectivity index (χ0n) is 15.5. The molecule has 0 aliphatic carbocycles. The summed E-state index contributed by atoms with van der Waals surface area (Å²) >= 11 is 0. The molecular weight excluding hydrogens is 332 g/mol. The van der Waals surface area contributed by atoms with Gasteiger partial charge in [-0.3, -0.25) is 0 Å². The first-order valence-corrected chi connectivity index (χ1v) is 8.54. The second-order valence-electron chi connectivity index (χ2n) is 5.79. The lowest BCUT2D eigenvalue weighted by Crippen LogP contribution is -2.38. The highest BCUT2D eigenvalue weighted by molar-refractivity contribution is 5.73. The van der Waals surface area contributed by atoms with Gasteiger partial charge in [-0.05, 0) is 48.7 Å². The molecule has 2 aromatic rings. The molecule has 0 bridgehead atoms. The highest BCUT2D eigenvalue weighted by Crippen LogP contribution is 2.27. The van der Waals surface area contributed by atoms with Crippen LogP contribution in [0.3, 0.4) is 0 Å². The van der Waals surface area contributed by atoms with Gasteiger partial charge in [0.05, 0.1) is 20.8 Å². The third-order valence-electron chi connectivity index (χ3n) is 3.80. The molecule has 26 heavy (non-hydrogen) atoms. The van der Waals surface area contributed by atoms with Crippen molar-refractivity contribution >= 4 is 6.03 Å². The summed E-state index contributed by atoms with van der Waals surface area (Å²) in [6, 6.07) is 13.3. The maximum atomic E-state index is 11.8. The van der Waals surface area contributed by atoms with Crippen molar-refractivity contribution in [2.24, 2.45) is 0 Å². The van der Waals surface area contributed by atoms with Crippen LogP contribution in [0, 0.1) is 6.92 Å². The van der Waals surface area contributed by atoms with Crippen LogP contribution in [0.2, 0.25) is 0 Å². The van der Waals surface area contributed by atoms with Crippen molar-refractivity contribution in [3.8, 4) is 17.2 Å². The lowest BCUT2D eigenvalue weighted by atomic mass is 10.1. The number of aryl methyl sites for hydroxylation is 1. The van der Waals surface area contributed by atoms with E-state index in [2.05, 4.69) is 10.6 Å². The van der Waals surface area contributed by atoms with Gasteiger partial charge in [0.2, 0.25) is 0 Å². The summed E-state index contributed by atoms with van der Waals surface area (Å²) in [5, 5.41) is 5.60. The first-order chi connectivity index (χ1) is 12.6. The third kappa shape index (κ3) is 6.20. The zero-order chi connectivity index (χ0) is 18.8. The van der Waals surface area contributed by atoms with Crippen molar-refractivity contribution in [2.75, 3.05) is 33.9 Å². The van der Waals surface area contributed by atoms with E-state index in [-0.39, 0.29) is 6.03 Å². The number of hydrogen-bond acceptors (Lipinski definition) is 4. The van der Waals surface area contributed by atoms with Crippen molar-refractivity contribution in [2.45, 2.75) is 13.3 Å². The van der Waals surface area contributed by atoms with Crippen molar-refractivity contribution in [3.63, 3.8) is 0 Å². The maximum Gasteiger partial charge on any atom is 0.314 e. The Balaban J connectivity index is 1.64. The van der Waals surface area contributed by atoms with E-state index in [0.717, 1.165) is 23.3 Å². The van der Waals surface area contributed by atoms with Gasteiger partial charge in [-0.15, -0.1) is 0 Å². The zero-order valence-corrected chi connectivity index (χ0v) is 15.5. The minimum Gasteiger partial charge on any atom is -0.497 e. The Kier molecular flexibility index (Phi) is 7.61. The minimum atomic E-state index is -0.215. The van der Waals surface area contributed by atoms with Crippen molar-refractivity contribution in [1.29, 1.82) is 0 Å². The van der Waals surface area contributed by atoms with E-state index in [0.29, 0.717) is 31.2 Å². The van der Waals surface area contributed by atoms with Crippen molar-refractivity contribution in [3.05, 3.63) is 53.6 Å². The molecule has 0 heterocycles. The lowest BCUT2D eigenvalue weighted by Gasteiger charge is -2.12. The average Bonchev–Trinajstić information content (AvgIpc) is 2.66. The number of rotatable bonds is 9. The number of amides is 2. The number of carbonyl (C=O) groups is 1. The first kappa shape index (κ1) is 19.4. The number of ether oxygens (including phenoxy) is 3. The summed E-state index contributed by atoms with van der Waals surface area (Å²) in [5.74, 6) is 2.17. The molecule has 2 amide bonds. The molecule has 140 valence electrons. The van der Waals surface area contributed by atoms with Crippen molar-refractivity contribution in [1.82, 2.24) is 10.6 Å². The van der Waals surface area contributed by atoms with Gasteiger partial charge < -0.3 is 24.8 Å². The van der Waals surface area contributed by atoms with Crippen molar-refractivity contribution < 1.29 is 19.0 Å². The lowest BCUT2D eigenvalue weighted by molar-refractivity contribution is 0.235. The smallest absolute Gasteiger partial charge is 0.314 e. The Hall–Kier alpha value is -2.89. The normalized spacial score (nSPS) is 10.1. The topological polar surface area (TPSA) is 68.8 Å². The van der Waals surface area contributed by atoms with Gasteiger partial charge in [0.25, 0.3) is 0 Å². The fourth-order valence-corrected chi connectivity index (χ4v) is 2.43. The quantitative estimate of drug-likeness (QED) is 0.676. The molecule has 0 atom stereocenters. The van der Waals surface area contributed by atoms with Crippen LogP contribution in [-0.2, 0) is 6.42 Å². The number of benzene rings is 2. The SMILES string of the molecule is COc1cccc(CCNC(=O)NCCOc2ccc(C)cc2OC)c1. The van der Waals surface area contributed by atoms with Gasteiger partial charge in [0, 0.05) is 6.54 Å². The number of hydrogen-bond donors (Lipinski definition) is 2. The molecule has 2 N–H and O–H groups in total. The average molecular weight is 358 g/mol. The number of urea groups is 1. The Bertz CT molecular complexity index is 719. The molecule has 0 fully saturated rings. The van der Waals surface area contributed by atoms with Crippen LogP contribution in [0.1, 0.15) is 11.1 Å². The second kappa shape index (κ2) is 10.2. The van der Waals surface area contributed by atoms with Crippen LogP contribution < -0.4 is 24.8 Å². The van der Waals surface area contributed by atoms with Crippen LogP contribution in [0.25, 0.3) is 0 Å². The molecule has 2 rings (SSSR count). The molecular formula is C20H26N2O4. The van der Waals surface area contributed by atoms with Gasteiger partial charge in [0.1, 0.15) is 12.4 Å². The van der Waals surface area contributed by atoms with Gasteiger partial charge in [-0.1, -0.05) is 18.2 Å². The molecule has 0 unspecified atom stereocenters. The Labute approximate surface area is 154 Å². The Morgan fingerprint density at radius 1 is 0.962 bits per heavy atom. The summed E-state index contributed by atoms with van der Waals surface area (Å²) in [7, 11) is 3.24. The van der Waals surface area contributed by atoms with Gasteiger partial charge in [-0.2, -0.15) is 0 Å². The summed E-state index contributed by atoms with van der Waals surface area (Å²) in [6.07, 6.45) is 0.738. The molecule has 0 aliphatic rings. The van der Waals surface area contributed by atoms with Crippen LogP contribution in [0.15, 0.2) is 42.5 Å². The Morgan fingerprint density at radius 3 is 2.54 bits per heavy atom. The third-order valence-corrected chi connectivity index (χ3v) is 3.80. The summed E-state index contributed by atoms with van der Waals surface area (Å²) in [4.78, 5) is 11.8. The number of nitrogens with one attached hydrogen (secondary N) is 2. The molecule has 0 spiro atoms. The molecule has 0 radical (unpaired) electrons. The van der Waals surface area contributed by atoms with E-state index >= 15 is 0 Å². The fraction of sp³-hybridized carbons (Fsp3) is 0.350.